The van der Waals surface area contributed by atoms with E-state index in [1.54, 1.807) is 16.6 Å². The Morgan fingerprint density at radius 2 is 2.00 bits per heavy atom. The van der Waals surface area contributed by atoms with Gasteiger partial charge < -0.3 is 10.1 Å². The Labute approximate surface area is 173 Å². The van der Waals surface area contributed by atoms with E-state index < -0.39 is 5.97 Å². The topological polar surface area (TPSA) is 98.5 Å². The van der Waals surface area contributed by atoms with Crippen LogP contribution in [0.5, 0.6) is 0 Å². The fourth-order valence-electron chi connectivity index (χ4n) is 2.72. The number of nitrogens with one attached hydrogen (secondary N) is 1. The van der Waals surface area contributed by atoms with Crippen LogP contribution in [-0.4, -0.2) is 44.6 Å². The Morgan fingerprint density at radius 3 is 2.79 bits per heavy atom. The first kappa shape index (κ1) is 20.8. The third-order valence-electron chi connectivity index (χ3n) is 4.10. The highest BCUT2D eigenvalue weighted by Crippen LogP contribution is 2.23. The van der Waals surface area contributed by atoms with E-state index in [0.29, 0.717) is 28.8 Å². The molecule has 0 bridgehead atoms. The predicted octanol–water partition coefficient (Wildman–Crippen LogP) is 2.72. The van der Waals surface area contributed by atoms with Crippen molar-refractivity contribution < 1.29 is 14.3 Å². The molecule has 0 fully saturated rings. The summed E-state index contributed by atoms with van der Waals surface area (Å²) in [4.78, 5) is 32.9. The number of aryl methyl sites for hydroxylation is 2. The largest absolute Gasteiger partial charge is 0.452 e. The lowest BCUT2D eigenvalue weighted by molar-refractivity contribution is -0.124. The maximum absolute atomic E-state index is 12.4. The number of benzene rings is 1. The molecule has 0 aliphatic heterocycles. The lowest BCUT2D eigenvalue weighted by Gasteiger charge is -2.09. The summed E-state index contributed by atoms with van der Waals surface area (Å²) in [5.41, 5.74) is 3.06. The predicted molar refractivity (Wildman–Crippen MR) is 110 cm³/mol. The van der Waals surface area contributed by atoms with Crippen molar-refractivity contribution in [1.82, 2.24) is 24.9 Å². The van der Waals surface area contributed by atoms with Gasteiger partial charge in [-0.1, -0.05) is 36.9 Å². The Bertz CT molecular complexity index is 1030. The molecule has 0 saturated heterocycles. The minimum Gasteiger partial charge on any atom is -0.452 e. The molecule has 3 rings (SSSR count). The van der Waals surface area contributed by atoms with E-state index in [1.807, 2.05) is 39.0 Å². The Hall–Kier alpha value is -2.94. The van der Waals surface area contributed by atoms with Crippen molar-refractivity contribution in [1.29, 1.82) is 0 Å². The lowest BCUT2D eigenvalue weighted by atomic mass is 10.1. The van der Waals surface area contributed by atoms with Crippen LogP contribution in [0, 0.1) is 13.8 Å². The number of hydrogen-bond acceptors (Lipinski definition) is 7. The molecule has 0 aliphatic carbocycles. The molecule has 29 heavy (non-hydrogen) atoms. The van der Waals surface area contributed by atoms with Crippen molar-refractivity contribution in [2.45, 2.75) is 38.1 Å². The molecular weight excluding hydrogens is 390 g/mol. The molecule has 152 valence electrons. The maximum Gasteiger partial charge on any atom is 0.338 e. The van der Waals surface area contributed by atoms with Crippen LogP contribution < -0.4 is 5.32 Å². The van der Waals surface area contributed by atoms with Crippen LogP contribution in [0.2, 0.25) is 0 Å². The van der Waals surface area contributed by atoms with Crippen molar-refractivity contribution in [2.24, 2.45) is 0 Å². The zero-order valence-corrected chi connectivity index (χ0v) is 17.5. The molecule has 1 N–H and O–H groups in total. The number of carbonyl (C=O) groups is 2. The molecule has 8 nitrogen and oxygen atoms in total. The van der Waals surface area contributed by atoms with Gasteiger partial charge in [0.25, 0.3) is 11.7 Å². The standard InChI is InChI=1S/C20H23N5O3S/c1-4-9-21-17(26)11-28-18(27)16-8-6-5-7-15(16)12-29-20-23-19-22-13(2)10-14(3)25(19)24-20/h5-8,10H,4,9,11-12H2,1-3H3,(H,21,26). The number of fused-ring (bicyclic) bond motifs is 1. The van der Waals surface area contributed by atoms with Crippen molar-refractivity contribution >= 4 is 29.4 Å². The first-order valence-electron chi connectivity index (χ1n) is 9.33. The molecule has 0 unspecified atom stereocenters. The van der Waals surface area contributed by atoms with Crippen LogP contribution in [-0.2, 0) is 15.3 Å². The summed E-state index contributed by atoms with van der Waals surface area (Å²) in [6.07, 6.45) is 0.825. The number of aromatic nitrogens is 4. The lowest BCUT2D eigenvalue weighted by Crippen LogP contribution is -2.29. The first-order valence-corrected chi connectivity index (χ1v) is 10.3. The van der Waals surface area contributed by atoms with E-state index >= 15 is 0 Å². The summed E-state index contributed by atoms with van der Waals surface area (Å²) >= 11 is 1.41. The van der Waals surface area contributed by atoms with Gasteiger partial charge in [-0.2, -0.15) is 4.98 Å². The van der Waals surface area contributed by atoms with E-state index in [4.69, 9.17) is 4.74 Å². The summed E-state index contributed by atoms with van der Waals surface area (Å²) in [5.74, 6) is 0.209. The fourth-order valence-corrected chi connectivity index (χ4v) is 3.54. The zero-order valence-electron chi connectivity index (χ0n) is 16.6. The van der Waals surface area contributed by atoms with Gasteiger partial charge in [0.1, 0.15) is 0 Å². The third kappa shape index (κ3) is 5.32. The Morgan fingerprint density at radius 1 is 1.21 bits per heavy atom. The minimum absolute atomic E-state index is 0.293. The van der Waals surface area contributed by atoms with Crippen LogP contribution >= 0.6 is 11.8 Å². The summed E-state index contributed by atoms with van der Waals surface area (Å²) in [5, 5.41) is 7.72. The van der Waals surface area contributed by atoms with E-state index in [-0.39, 0.29) is 12.5 Å². The zero-order chi connectivity index (χ0) is 20.8. The van der Waals surface area contributed by atoms with Crippen molar-refractivity contribution in [3.05, 3.63) is 52.8 Å². The highest BCUT2D eigenvalue weighted by Gasteiger charge is 2.15. The second-order valence-electron chi connectivity index (χ2n) is 6.52. The molecule has 0 spiro atoms. The quantitative estimate of drug-likeness (QED) is 0.448. The van der Waals surface area contributed by atoms with Gasteiger partial charge in [-0.3, -0.25) is 4.79 Å². The van der Waals surface area contributed by atoms with Gasteiger partial charge in [0.05, 0.1) is 5.56 Å². The first-order chi connectivity index (χ1) is 14.0. The van der Waals surface area contributed by atoms with Crippen LogP contribution in [0.3, 0.4) is 0 Å². The van der Waals surface area contributed by atoms with Crippen molar-refractivity contribution in [2.75, 3.05) is 13.2 Å². The normalized spacial score (nSPS) is 10.9. The van der Waals surface area contributed by atoms with Gasteiger partial charge in [-0.05, 0) is 38.0 Å². The van der Waals surface area contributed by atoms with Gasteiger partial charge in [0.2, 0.25) is 5.16 Å². The monoisotopic (exact) mass is 413 g/mol. The van der Waals surface area contributed by atoms with Crippen LogP contribution in [0.4, 0.5) is 0 Å². The maximum atomic E-state index is 12.4. The molecule has 9 heteroatoms. The van der Waals surface area contributed by atoms with E-state index in [2.05, 4.69) is 20.4 Å². The molecule has 0 saturated carbocycles. The Kier molecular flexibility index (Phi) is 6.82. The summed E-state index contributed by atoms with van der Waals surface area (Å²) in [6, 6.07) is 9.10. The third-order valence-corrected chi connectivity index (χ3v) is 4.99. The van der Waals surface area contributed by atoms with Gasteiger partial charge in [-0.25, -0.2) is 14.3 Å². The minimum atomic E-state index is -0.524. The van der Waals surface area contributed by atoms with Gasteiger partial charge in [-0.15, -0.1) is 5.10 Å². The second kappa shape index (κ2) is 9.51. The second-order valence-corrected chi connectivity index (χ2v) is 7.46. The molecular formula is C20H23N5O3S. The van der Waals surface area contributed by atoms with E-state index in [9.17, 15) is 9.59 Å². The van der Waals surface area contributed by atoms with Crippen LogP contribution in [0.1, 0.15) is 40.7 Å². The summed E-state index contributed by atoms with van der Waals surface area (Å²) < 4.78 is 6.85. The molecule has 0 radical (unpaired) electrons. The highest BCUT2D eigenvalue weighted by atomic mass is 32.2. The fraction of sp³-hybridized carbons (Fsp3) is 0.350. The van der Waals surface area contributed by atoms with E-state index in [1.165, 1.54) is 11.8 Å². The Balaban J connectivity index is 1.67. The SMILES string of the molecule is CCCNC(=O)COC(=O)c1ccccc1CSc1nc2nc(C)cc(C)n2n1. The number of carbonyl (C=O) groups excluding carboxylic acids is 2. The number of thioether (sulfide) groups is 1. The molecule has 1 amide bonds. The molecule has 2 heterocycles. The summed E-state index contributed by atoms with van der Waals surface area (Å²) in [7, 11) is 0. The molecule has 1 aromatic carbocycles. The smallest absolute Gasteiger partial charge is 0.338 e. The average Bonchev–Trinajstić information content (AvgIpc) is 3.12. The molecule has 2 aromatic heterocycles. The number of amides is 1. The van der Waals surface area contributed by atoms with E-state index in [0.717, 1.165) is 23.4 Å². The molecule has 3 aromatic rings. The molecule has 0 aliphatic rings. The van der Waals surface area contributed by atoms with Crippen LogP contribution in [0.25, 0.3) is 5.78 Å². The summed E-state index contributed by atoms with van der Waals surface area (Å²) in [6.45, 7) is 6.09. The number of rotatable bonds is 8. The van der Waals surface area contributed by atoms with Crippen molar-refractivity contribution in [3.8, 4) is 0 Å². The van der Waals surface area contributed by atoms with Gasteiger partial charge >= 0.3 is 5.97 Å². The number of hydrogen-bond donors (Lipinski definition) is 1. The highest BCUT2D eigenvalue weighted by molar-refractivity contribution is 7.98. The number of ether oxygens (including phenoxy) is 1. The average molecular weight is 414 g/mol. The van der Waals surface area contributed by atoms with Gasteiger partial charge in [0, 0.05) is 23.7 Å². The number of nitrogens with zero attached hydrogens (tertiary/aromatic N) is 4. The van der Waals surface area contributed by atoms with Gasteiger partial charge in [0.15, 0.2) is 6.61 Å². The van der Waals surface area contributed by atoms with Crippen LogP contribution in [0.15, 0.2) is 35.5 Å². The number of esters is 1. The van der Waals surface area contributed by atoms with Crippen molar-refractivity contribution in [3.63, 3.8) is 0 Å². The molecule has 0 atom stereocenters.